The maximum atomic E-state index is 4.55. The summed E-state index contributed by atoms with van der Waals surface area (Å²) in [6.07, 6.45) is 0. The van der Waals surface area contributed by atoms with Gasteiger partial charge in [0.25, 0.3) is 0 Å². The van der Waals surface area contributed by atoms with Crippen LogP contribution in [-0.2, 0) is 0 Å². The molecule has 0 atom stereocenters. The molecule has 0 radical (unpaired) electrons. The van der Waals surface area contributed by atoms with Crippen molar-refractivity contribution in [2.24, 2.45) is 4.99 Å². The largest absolute Gasteiger partial charge is 0.356 e. The van der Waals surface area contributed by atoms with Gasteiger partial charge in [-0.25, -0.2) is 9.97 Å². The van der Waals surface area contributed by atoms with Crippen LogP contribution in [0.1, 0.15) is 11.5 Å². The van der Waals surface area contributed by atoms with Crippen molar-refractivity contribution in [3.05, 3.63) is 35.8 Å². The van der Waals surface area contributed by atoms with E-state index in [1.807, 2.05) is 25.1 Å². The molecule has 0 saturated heterocycles. The van der Waals surface area contributed by atoms with Crippen molar-refractivity contribution in [3.8, 4) is 0 Å². The summed E-state index contributed by atoms with van der Waals surface area (Å²) in [5, 5.41) is 1.07. The van der Waals surface area contributed by atoms with Crippen molar-refractivity contribution >= 4 is 16.7 Å². The lowest BCUT2D eigenvalue weighted by Gasteiger charge is -2.14. The summed E-state index contributed by atoms with van der Waals surface area (Å²) in [5.74, 6) is 1.77. The number of likely N-dealkylation sites (N-methyl/N-ethyl adjacent to an activating group) is 1. The van der Waals surface area contributed by atoms with Gasteiger partial charge in [-0.3, -0.25) is 4.99 Å². The van der Waals surface area contributed by atoms with Crippen molar-refractivity contribution in [1.82, 2.24) is 14.9 Å². The third-order valence-electron chi connectivity index (χ3n) is 2.99. The van der Waals surface area contributed by atoms with Crippen LogP contribution in [0.4, 0.5) is 0 Å². The highest BCUT2D eigenvalue weighted by Gasteiger charge is 2.18. The van der Waals surface area contributed by atoms with Gasteiger partial charge >= 0.3 is 0 Å². The molecule has 0 bridgehead atoms. The molecule has 2 heterocycles. The first-order valence-electron chi connectivity index (χ1n) is 5.75. The Kier molecular flexibility index (Phi) is 2.28. The third kappa shape index (κ3) is 1.65. The summed E-state index contributed by atoms with van der Waals surface area (Å²) in [6.45, 7) is 3.74. The zero-order chi connectivity index (χ0) is 11.8. The third-order valence-corrected chi connectivity index (χ3v) is 2.99. The Morgan fingerprint density at radius 3 is 2.76 bits per heavy atom. The molecule has 1 aromatic heterocycles. The van der Waals surface area contributed by atoms with Crippen LogP contribution in [0.5, 0.6) is 0 Å². The van der Waals surface area contributed by atoms with E-state index in [0.717, 1.165) is 41.3 Å². The molecule has 0 spiro atoms. The standard InChI is InChI=1S/C13H14N4/c1-9-15-11-6-4-3-5-10(11)12(16-9)13-14-7-8-17(13)2/h3-6H,7-8H2,1-2H3. The summed E-state index contributed by atoms with van der Waals surface area (Å²) >= 11 is 0. The predicted molar refractivity (Wildman–Crippen MR) is 68.3 cm³/mol. The second-order valence-electron chi connectivity index (χ2n) is 4.26. The fourth-order valence-electron chi connectivity index (χ4n) is 2.15. The molecule has 0 unspecified atom stereocenters. The molecule has 2 aromatic rings. The smallest absolute Gasteiger partial charge is 0.150 e. The first kappa shape index (κ1) is 10.2. The number of fused-ring (bicyclic) bond motifs is 1. The van der Waals surface area contributed by atoms with E-state index in [2.05, 4.69) is 33.0 Å². The molecule has 1 aliphatic heterocycles. The molecule has 0 saturated carbocycles. The lowest BCUT2D eigenvalue weighted by atomic mass is 10.1. The Labute approximate surface area is 100 Å². The van der Waals surface area contributed by atoms with Gasteiger partial charge in [0.05, 0.1) is 12.1 Å². The van der Waals surface area contributed by atoms with E-state index in [4.69, 9.17) is 0 Å². The van der Waals surface area contributed by atoms with Gasteiger partial charge < -0.3 is 4.90 Å². The average molecular weight is 226 g/mol. The number of rotatable bonds is 1. The fourth-order valence-corrected chi connectivity index (χ4v) is 2.15. The van der Waals surface area contributed by atoms with Crippen molar-refractivity contribution in [3.63, 3.8) is 0 Å². The van der Waals surface area contributed by atoms with Crippen molar-refractivity contribution in [1.29, 1.82) is 0 Å². The SMILES string of the molecule is Cc1nc(C2=NCCN2C)c2ccccc2n1. The zero-order valence-electron chi connectivity index (χ0n) is 10.0. The number of amidine groups is 1. The van der Waals surface area contributed by atoms with Crippen LogP contribution in [0.25, 0.3) is 10.9 Å². The number of hydrogen-bond acceptors (Lipinski definition) is 4. The highest BCUT2D eigenvalue weighted by atomic mass is 15.2. The molecule has 0 aliphatic carbocycles. The first-order valence-corrected chi connectivity index (χ1v) is 5.75. The maximum absolute atomic E-state index is 4.55. The Morgan fingerprint density at radius 2 is 2.00 bits per heavy atom. The van der Waals surface area contributed by atoms with E-state index in [1.54, 1.807) is 0 Å². The van der Waals surface area contributed by atoms with Gasteiger partial charge in [-0.2, -0.15) is 0 Å². The number of aliphatic imine (C=N–C) groups is 1. The van der Waals surface area contributed by atoms with Gasteiger partial charge in [-0.1, -0.05) is 18.2 Å². The van der Waals surface area contributed by atoms with E-state index in [-0.39, 0.29) is 0 Å². The number of aryl methyl sites for hydroxylation is 1. The molecule has 1 aromatic carbocycles. The van der Waals surface area contributed by atoms with Gasteiger partial charge in [0.1, 0.15) is 11.5 Å². The molecule has 3 rings (SSSR count). The fraction of sp³-hybridized carbons (Fsp3) is 0.308. The summed E-state index contributed by atoms with van der Waals surface area (Å²) in [6, 6.07) is 8.08. The summed E-state index contributed by atoms with van der Waals surface area (Å²) < 4.78 is 0. The Morgan fingerprint density at radius 1 is 1.18 bits per heavy atom. The number of para-hydroxylation sites is 1. The average Bonchev–Trinajstić information content (AvgIpc) is 2.74. The van der Waals surface area contributed by atoms with Crippen molar-refractivity contribution < 1.29 is 0 Å². The lowest BCUT2D eigenvalue weighted by Crippen LogP contribution is -2.25. The second-order valence-corrected chi connectivity index (χ2v) is 4.26. The molecule has 0 N–H and O–H groups in total. The Bertz CT molecular complexity index is 603. The zero-order valence-corrected chi connectivity index (χ0v) is 10.0. The molecule has 86 valence electrons. The van der Waals surface area contributed by atoms with Crippen LogP contribution in [0.2, 0.25) is 0 Å². The Balaban J connectivity index is 2.28. The molecule has 4 heteroatoms. The van der Waals surface area contributed by atoms with Crippen LogP contribution in [-0.4, -0.2) is 40.8 Å². The lowest BCUT2D eigenvalue weighted by molar-refractivity contribution is 0.555. The minimum absolute atomic E-state index is 0.793. The number of hydrogen-bond donors (Lipinski definition) is 0. The first-order chi connectivity index (χ1) is 8.25. The minimum Gasteiger partial charge on any atom is -0.356 e. The van der Waals surface area contributed by atoms with Gasteiger partial charge in [0.15, 0.2) is 5.84 Å². The van der Waals surface area contributed by atoms with E-state index < -0.39 is 0 Å². The highest BCUT2D eigenvalue weighted by molar-refractivity contribution is 6.07. The predicted octanol–water partition coefficient (Wildman–Crippen LogP) is 1.63. The summed E-state index contributed by atoms with van der Waals surface area (Å²) in [4.78, 5) is 15.7. The quantitative estimate of drug-likeness (QED) is 0.742. The Hall–Kier alpha value is -1.97. The van der Waals surface area contributed by atoms with Crippen LogP contribution in [0.15, 0.2) is 29.3 Å². The molecule has 0 fully saturated rings. The van der Waals surface area contributed by atoms with Gasteiger partial charge in [-0.15, -0.1) is 0 Å². The number of benzene rings is 1. The van der Waals surface area contributed by atoms with Crippen LogP contribution in [0, 0.1) is 6.92 Å². The molecule has 1 aliphatic rings. The molecular weight excluding hydrogens is 212 g/mol. The molecule has 4 nitrogen and oxygen atoms in total. The summed E-state index contributed by atoms with van der Waals surface area (Å²) in [5.41, 5.74) is 1.94. The van der Waals surface area contributed by atoms with Crippen LogP contribution < -0.4 is 0 Å². The van der Waals surface area contributed by atoms with E-state index >= 15 is 0 Å². The highest BCUT2D eigenvalue weighted by Crippen LogP contribution is 2.18. The maximum Gasteiger partial charge on any atom is 0.150 e. The van der Waals surface area contributed by atoms with Crippen LogP contribution in [0.3, 0.4) is 0 Å². The number of aromatic nitrogens is 2. The van der Waals surface area contributed by atoms with E-state index in [0.29, 0.717) is 0 Å². The monoisotopic (exact) mass is 226 g/mol. The molecular formula is C13H14N4. The minimum atomic E-state index is 0.793. The molecule has 17 heavy (non-hydrogen) atoms. The molecule has 0 amide bonds. The summed E-state index contributed by atoms with van der Waals surface area (Å²) in [7, 11) is 2.05. The van der Waals surface area contributed by atoms with Crippen LogP contribution >= 0.6 is 0 Å². The topological polar surface area (TPSA) is 41.4 Å². The van der Waals surface area contributed by atoms with Gasteiger partial charge in [0, 0.05) is 19.0 Å². The van der Waals surface area contributed by atoms with Crippen molar-refractivity contribution in [2.75, 3.05) is 20.1 Å². The number of nitrogens with zero attached hydrogens (tertiary/aromatic N) is 4. The second kappa shape index (κ2) is 3.80. The van der Waals surface area contributed by atoms with E-state index in [9.17, 15) is 0 Å². The van der Waals surface area contributed by atoms with Gasteiger partial charge in [0.2, 0.25) is 0 Å². The van der Waals surface area contributed by atoms with E-state index in [1.165, 1.54) is 0 Å². The normalized spacial score (nSPS) is 15.4. The van der Waals surface area contributed by atoms with Crippen molar-refractivity contribution in [2.45, 2.75) is 6.92 Å². The van der Waals surface area contributed by atoms with Gasteiger partial charge in [-0.05, 0) is 13.0 Å².